The normalized spacial score (nSPS) is 10.7. The molecular formula is C14H14F2IN3O. The quantitative estimate of drug-likeness (QED) is 0.751. The predicted octanol–water partition coefficient (Wildman–Crippen LogP) is 3.18. The van der Waals surface area contributed by atoms with Crippen LogP contribution in [0, 0.1) is 15.5 Å². The fraction of sp³-hybridized carbons (Fsp3) is 0.286. The molecule has 0 unspecified atom stereocenters. The van der Waals surface area contributed by atoms with Gasteiger partial charge in [0.25, 0.3) is 5.91 Å². The molecule has 1 aromatic carbocycles. The van der Waals surface area contributed by atoms with Crippen molar-refractivity contribution >= 4 is 28.5 Å². The number of nitrogens with zero attached hydrogens (tertiary/aromatic N) is 1. The number of carbonyl (C=O) groups excluding carboxylic acids is 1. The van der Waals surface area contributed by atoms with Gasteiger partial charge in [-0.15, -0.1) is 0 Å². The molecule has 0 aliphatic carbocycles. The maximum Gasteiger partial charge on any atom is 0.272 e. The number of aryl methyl sites for hydroxylation is 1. The Balaban J connectivity index is 2.08. The minimum absolute atomic E-state index is 0.0442. The van der Waals surface area contributed by atoms with E-state index in [9.17, 15) is 13.6 Å². The third kappa shape index (κ3) is 4.23. The van der Waals surface area contributed by atoms with E-state index >= 15 is 0 Å². The Bertz CT molecular complexity index is 637. The van der Waals surface area contributed by atoms with E-state index in [4.69, 9.17) is 0 Å². The van der Waals surface area contributed by atoms with Gasteiger partial charge in [-0.05, 0) is 46.7 Å². The van der Waals surface area contributed by atoms with Crippen molar-refractivity contribution in [2.24, 2.45) is 0 Å². The second-order valence-electron chi connectivity index (χ2n) is 4.57. The molecule has 4 nitrogen and oxygen atoms in total. The van der Waals surface area contributed by atoms with Crippen LogP contribution in [0.15, 0.2) is 18.2 Å². The summed E-state index contributed by atoms with van der Waals surface area (Å²) in [5.74, 6) is -1.69. The van der Waals surface area contributed by atoms with Crippen LogP contribution in [0.3, 0.4) is 0 Å². The Kier molecular flexibility index (Phi) is 5.27. The number of rotatable bonds is 5. The first-order chi connectivity index (χ1) is 9.99. The number of halogens is 3. The molecule has 21 heavy (non-hydrogen) atoms. The van der Waals surface area contributed by atoms with Crippen LogP contribution in [0.5, 0.6) is 0 Å². The van der Waals surface area contributed by atoms with Crippen LogP contribution in [-0.4, -0.2) is 15.9 Å². The molecule has 0 atom stereocenters. The van der Waals surface area contributed by atoms with Crippen LogP contribution >= 0.6 is 22.6 Å². The van der Waals surface area contributed by atoms with Gasteiger partial charge in [0.05, 0.1) is 0 Å². The van der Waals surface area contributed by atoms with Crippen LogP contribution < -0.4 is 5.32 Å². The number of H-pyrrole nitrogens is 1. The standard InChI is InChI=1S/C14H14F2IN3O/c1-2-3-11-12(20-14(17)19-11)13(21)18-7-8-4-9(15)6-10(16)5-8/h4-6H,2-3,7H2,1H3,(H,18,21)(H,19,20). The third-order valence-corrected chi connectivity index (χ3v) is 3.35. The van der Waals surface area contributed by atoms with Crippen molar-refractivity contribution in [2.45, 2.75) is 26.3 Å². The lowest BCUT2D eigenvalue weighted by Gasteiger charge is -2.05. The Hall–Kier alpha value is -1.51. The average Bonchev–Trinajstić information content (AvgIpc) is 2.76. The highest BCUT2D eigenvalue weighted by molar-refractivity contribution is 14.1. The summed E-state index contributed by atoms with van der Waals surface area (Å²) in [6, 6.07) is 3.16. The molecule has 0 spiro atoms. The minimum Gasteiger partial charge on any atom is -0.347 e. The van der Waals surface area contributed by atoms with Gasteiger partial charge in [0.1, 0.15) is 17.3 Å². The molecule has 0 saturated heterocycles. The lowest BCUT2D eigenvalue weighted by atomic mass is 10.2. The van der Waals surface area contributed by atoms with E-state index in [2.05, 4.69) is 15.3 Å². The third-order valence-electron chi connectivity index (χ3n) is 2.84. The van der Waals surface area contributed by atoms with Crippen LogP contribution in [0.1, 0.15) is 35.1 Å². The SMILES string of the molecule is CCCc1[nH]c(I)nc1C(=O)NCc1cc(F)cc(F)c1. The number of benzene rings is 1. The van der Waals surface area contributed by atoms with E-state index in [0.717, 1.165) is 18.2 Å². The van der Waals surface area contributed by atoms with Crippen LogP contribution in [0.2, 0.25) is 0 Å². The first-order valence-electron chi connectivity index (χ1n) is 6.47. The molecule has 0 bridgehead atoms. The summed E-state index contributed by atoms with van der Waals surface area (Å²) in [7, 11) is 0. The number of carbonyl (C=O) groups is 1. The first-order valence-corrected chi connectivity index (χ1v) is 7.55. The molecule has 2 rings (SSSR count). The van der Waals surface area contributed by atoms with Crippen LogP contribution in [0.4, 0.5) is 8.78 Å². The second kappa shape index (κ2) is 6.97. The summed E-state index contributed by atoms with van der Waals surface area (Å²) >= 11 is 2.00. The van der Waals surface area contributed by atoms with E-state index < -0.39 is 11.6 Å². The Morgan fingerprint density at radius 2 is 2.00 bits per heavy atom. The van der Waals surface area contributed by atoms with Crippen molar-refractivity contribution in [3.05, 3.63) is 50.6 Å². The molecule has 0 radical (unpaired) electrons. The molecule has 1 aromatic heterocycles. The molecule has 0 aliphatic heterocycles. The average molecular weight is 405 g/mol. The number of aromatic nitrogens is 2. The molecule has 7 heteroatoms. The van der Waals surface area contributed by atoms with Gasteiger partial charge >= 0.3 is 0 Å². The van der Waals surface area contributed by atoms with Crippen molar-refractivity contribution in [1.82, 2.24) is 15.3 Å². The van der Waals surface area contributed by atoms with Gasteiger partial charge in [0.15, 0.2) is 3.83 Å². The molecule has 2 N–H and O–H groups in total. The van der Waals surface area contributed by atoms with Crippen molar-refractivity contribution in [3.8, 4) is 0 Å². The minimum atomic E-state index is -0.666. The number of imidazole rings is 1. The monoisotopic (exact) mass is 405 g/mol. The molecule has 2 aromatic rings. The highest BCUT2D eigenvalue weighted by Gasteiger charge is 2.16. The summed E-state index contributed by atoms with van der Waals surface area (Å²) in [4.78, 5) is 19.3. The van der Waals surface area contributed by atoms with Gasteiger partial charge in [-0.3, -0.25) is 4.79 Å². The van der Waals surface area contributed by atoms with E-state index in [0.29, 0.717) is 21.5 Å². The van der Waals surface area contributed by atoms with Crippen LogP contribution in [0.25, 0.3) is 0 Å². The predicted molar refractivity (Wildman–Crippen MR) is 82.8 cm³/mol. The number of hydrogen-bond acceptors (Lipinski definition) is 2. The highest BCUT2D eigenvalue weighted by Crippen LogP contribution is 2.12. The molecular weight excluding hydrogens is 391 g/mol. The summed E-state index contributed by atoms with van der Waals surface area (Å²) in [6.45, 7) is 2.05. The Labute approximate surface area is 134 Å². The molecule has 112 valence electrons. The van der Waals surface area contributed by atoms with Gasteiger partial charge in [-0.1, -0.05) is 13.3 Å². The first kappa shape index (κ1) is 15.9. The lowest BCUT2D eigenvalue weighted by Crippen LogP contribution is -2.24. The maximum atomic E-state index is 13.1. The van der Waals surface area contributed by atoms with Crippen molar-refractivity contribution in [1.29, 1.82) is 0 Å². The van der Waals surface area contributed by atoms with E-state index in [1.165, 1.54) is 12.1 Å². The van der Waals surface area contributed by atoms with Gasteiger partial charge < -0.3 is 10.3 Å². The molecule has 0 aliphatic rings. The molecule has 1 heterocycles. The molecule has 1 amide bonds. The van der Waals surface area contributed by atoms with E-state index in [-0.39, 0.29) is 12.5 Å². The topological polar surface area (TPSA) is 57.8 Å². The Morgan fingerprint density at radius 1 is 1.33 bits per heavy atom. The lowest BCUT2D eigenvalue weighted by molar-refractivity contribution is 0.0945. The zero-order chi connectivity index (χ0) is 15.4. The summed E-state index contributed by atoms with van der Waals surface area (Å²) < 4.78 is 26.8. The van der Waals surface area contributed by atoms with Crippen molar-refractivity contribution < 1.29 is 13.6 Å². The Morgan fingerprint density at radius 3 is 2.62 bits per heavy atom. The van der Waals surface area contributed by atoms with Crippen molar-refractivity contribution in [2.75, 3.05) is 0 Å². The number of hydrogen-bond donors (Lipinski definition) is 2. The van der Waals surface area contributed by atoms with Gasteiger partial charge in [0, 0.05) is 18.3 Å². The zero-order valence-corrected chi connectivity index (χ0v) is 13.5. The molecule has 0 saturated carbocycles. The van der Waals surface area contributed by atoms with Gasteiger partial charge in [0.2, 0.25) is 0 Å². The van der Waals surface area contributed by atoms with E-state index in [1.807, 2.05) is 29.5 Å². The fourth-order valence-electron chi connectivity index (χ4n) is 1.98. The smallest absolute Gasteiger partial charge is 0.272 e. The molecule has 0 fully saturated rings. The fourth-order valence-corrected chi connectivity index (χ4v) is 2.54. The van der Waals surface area contributed by atoms with Gasteiger partial charge in [-0.2, -0.15) is 0 Å². The number of aromatic amines is 1. The summed E-state index contributed by atoms with van der Waals surface area (Å²) in [5.41, 5.74) is 1.46. The maximum absolute atomic E-state index is 13.1. The van der Waals surface area contributed by atoms with Gasteiger partial charge in [-0.25, -0.2) is 13.8 Å². The van der Waals surface area contributed by atoms with E-state index in [1.54, 1.807) is 0 Å². The highest BCUT2D eigenvalue weighted by atomic mass is 127. The zero-order valence-electron chi connectivity index (χ0n) is 11.3. The van der Waals surface area contributed by atoms with Crippen LogP contribution in [-0.2, 0) is 13.0 Å². The second-order valence-corrected chi connectivity index (χ2v) is 5.59. The number of nitrogens with one attached hydrogen (secondary N) is 2. The van der Waals surface area contributed by atoms with Crippen molar-refractivity contribution in [3.63, 3.8) is 0 Å². The number of amides is 1. The summed E-state index contributed by atoms with van der Waals surface area (Å²) in [5, 5.41) is 2.62. The summed E-state index contributed by atoms with van der Waals surface area (Å²) in [6.07, 6.45) is 1.60. The largest absolute Gasteiger partial charge is 0.347 e.